The van der Waals surface area contributed by atoms with E-state index in [1.807, 2.05) is 13.8 Å². The predicted octanol–water partition coefficient (Wildman–Crippen LogP) is 3.32. The van der Waals surface area contributed by atoms with E-state index in [1.54, 1.807) is 29.5 Å². The molecule has 0 unspecified atom stereocenters. The van der Waals surface area contributed by atoms with Gasteiger partial charge in [-0.15, -0.1) is 11.3 Å². The smallest absolute Gasteiger partial charge is 0.319 e. The maximum Gasteiger partial charge on any atom is 0.319 e. The molecule has 7 nitrogen and oxygen atoms in total. The van der Waals surface area contributed by atoms with Crippen LogP contribution in [0.25, 0.3) is 0 Å². The second kappa shape index (κ2) is 8.80. The molecule has 2 rings (SSSR count). The molecule has 3 N–H and O–H groups in total. The van der Waals surface area contributed by atoms with Crippen molar-refractivity contribution in [2.24, 2.45) is 0 Å². The Hall–Kier alpha value is -2.16. The summed E-state index contributed by atoms with van der Waals surface area (Å²) in [6, 6.07) is 4.42. The zero-order chi connectivity index (χ0) is 18.4. The Morgan fingerprint density at radius 3 is 2.68 bits per heavy atom. The number of nitrogens with one attached hydrogen (secondary N) is 3. The molecule has 134 valence electrons. The summed E-state index contributed by atoms with van der Waals surface area (Å²) in [5.74, 6) is -0.295. The van der Waals surface area contributed by atoms with Crippen molar-refractivity contribution in [1.82, 2.24) is 10.3 Å². The number of hydrogen-bond donors (Lipinski definition) is 3. The molecule has 0 aliphatic heterocycles. The van der Waals surface area contributed by atoms with E-state index in [-0.39, 0.29) is 12.5 Å². The highest BCUT2D eigenvalue weighted by atomic mass is 35.5. The maximum atomic E-state index is 12.1. The molecule has 0 bridgehead atoms. The van der Waals surface area contributed by atoms with Gasteiger partial charge in [-0.1, -0.05) is 11.6 Å². The lowest BCUT2D eigenvalue weighted by atomic mass is 10.2. The normalized spacial score (nSPS) is 10.4. The Morgan fingerprint density at radius 2 is 2.04 bits per heavy atom. The van der Waals surface area contributed by atoms with Crippen LogP contribution in [0.3, 0.4) is 0 Å². The lowest BCUT2D eigenvalue weighted by Gasteiger charge is -2.11. The fourth-order valence-electron chi connectivity index (χ4n) is 2.09. The van der Waals surface area contributed by atoms with Crippen LogP contribution in [0, 0.1) is 13.8 Å². The lowest BCUT2D eigenvalue weighted by Crippen LogP contribution is -2.28. The molecular weight excluding hydrogens is 364 g/mol. The van der Waals surface area contributed by atoms with E-state index in [0.29, 0.717) is 22.9 Å². The van der Waals surface area contributed by atoms with Gasteiger partial charge in [-0.2, -0.15) is 0 Å². The number of benzene rings is 1. The van der Waals surface area contributed by atoms with E-state index in [9.17, 15) is 9.59 Å². The SMILES string of the molecule is COCC(=O)Nc1ccc(Cl)c(NC(=O)NCc2sc(C)nc2C)c1. The number of urea groups is 1. The first kappa shape index (κ1) is 19.2. The number of hydrogen-bond acceptors (Lipinski definition) is 5. The van der Waals surface area contributed by atoms with Crippen LogP contribution in [-0.4, -0.2) is 30.6 Å². The number of methoxy groups -OCH3 is 1. The molecular formula is C16H19ClN4O3S. The van der Waals surface area contributed by atoms with Crippen LogP contribution in [0.5, 0.6) is 0 Å². The molecule has 0 aliphatic rings. The van der Waals surface area contributed by atoms with Crippen molar-refractivity contribution in [3.63, 3.8) is 0 Å². The summed E-state index contributed by atoms with van der Waals surface area (Å²) in [5.41, 5.74) is 1.81. The number of aryl methyl sites for hydroxylation is 2. The van der Waals surface area contributed by atoms with Gasteiger partial charge in [0.2, 0.25) is 5.91 Å². The van der Waals surface area contributed by atoms with Gasteiger partial charge < -0.3 is 20.7 Å². The van der Waals surface area contributed by atoms with Crippen molar-refractivity contribution in [3.05, 3.63) is 38.8 Å². The van der Waals surface area contributed by atoms with E-state index < -0.39 is 6.03 Å². The fourth-order valence-corrected chi connectivity index (χ4v) is 3.13. The average Bonchev–Trinajstić information content (AvgIpc) is 2.86. The monoisotopic (exact) mass is 382 g/mol. The largest absolute Gasteiger partial charge is 0.375 e. The number of aromatic nitrogens is 1. The zero-order valence-corrected chi connectivity index (χ0v) is 15.7. The van der Waals surface area contributed by atoms with Gasteiger partial charge >= 0.3 is 6.03 Å². The quantitative estimate of drug-likeness (QED) is 0.714. The summed E-state index contributed by atoms with van der Waals surface area (Å²) in [4.78, 5) is 29.0. The van der Waals surface area contributed by atoms with Gasteiger partial charge in [0.15, 0.2) is 0 Å². The van der Waals surface area contributed by atoms with Gasteiger partial charge in [0.25, 0.3) is 0 Å². The lowest BCUT2D eigenvalue weighted by molar-refractivity contribution is -0.119. The molecule has 0 radical (unpaired) electrons. The Bertz CT molecular complexity index is 779. The molecule has 0 aliphatic carbocycles. The third kappa shape index (κ3) is 5.70. The van der Waals surface area contributed by atoms with Crippen molar-refractivity contribution in [1.29, 1.82) is 0 Å². The second-order valence-corrected chi connectivity index (χ2v) is 6.92. The summed E-state index contributed by atoms with van der Waals surface area (Å²) in [7, 11) is 1.44. The van der Waals surface area contributed by atoms with Crippen molar-refractivity contribution >= 4 is 46.3 Å². The zero-order valence-electron chi connectivity index (χ0n) is 14.1. The third-order valence-corrected chi connectivity index (χ3v) is 4.59. The number of amides is 3. The van der Waals surface area contributed by atoms with Crippen molar-refractivity contribution in [2.45, 2.75) is 20.4 Å². The highest BCUT2D eigenvalue weighted by molar-refractivity contribution is 7.11. The number of nitrogens with zero attached hydrogens (tertiary/aromatic N) is 1. The van der Waals surface area contributed by atoms with E-state index >= 15 is 0 Å². The number of anilines is 2. The molecule has 9 heteroatoms. The topological polar surface area (TPSA) is 92.4 Å². The minimum absolute atomic E-state index is 0.0561. The highest BCUT2D eigenvalue weighted by Gasteiger charge is 2.10. The number of carbonyl (C=O) groups is 2. The van der Waals surface area contributed by atoms with Crippen molar-refractivity contribution < 1.29 is 14.3 Å². The summed E-state index contributed by atoms with van der Waals surface area (Å²) >= 11 is 7.64. The molecule has 25 heavy (non-hydrogen) atoms. The van der Waals surface area contributed by atoms with Crippen LogP contribution >= 0.6 is 22.9 Å². The minimum Gasteiger partial charge on any atom is -0.375 e. The van der Waals surface area contributed by atoms with Gasteiger partial charge in [-0.3, -0.25) is 4.79 Å². The summed E-state index contributed by atoms with van der Waals surface area (Å²) in [5, 5.41) is 9.41. The molecule has 1 heterocycles. The first-order valence-corrected chi connectivity index (χ1v) is 8.64. The van der Waals surface area contributed by atoms with Crippen LogP contribution in [-0.2, 0) is 16.1 Å². The van der Waals surface area contributed by atoms with Crippen LogP contribution in [0.15, 0.2) is 18.2 Å². The Kier molecular flexibility index (Phi) is 6.74. The number of thiazole rings is 1. The number of halogens is 1. The maximum absolute atomic E-state index is 12.1. The molecule has 0 saturated heterocycles. The second-order valence-electron chi connectivity index (χ2n) is 5.22. The Labute approximate surface area is 154 Å². The molecule has 1 aromatic heterocycles. The number of carbonyl (C=O) groups excluding carboxylic acids is 2. The summed E-state index contributed by atoms with van der Waals surface area (Å²) in [6.45, 7) is 4.15. The van der Waals surface area contributed by atoms with Crippen LogP contribution < -0.4 is 16.0 Å². The minimum atomic E-state index is -0.396. The average molecular weight is 383 g/mol. The first-order chi connectivity index (χ1) is 11.9. The van der Waals surface area contributed by atoms with E-state index in [2.05, 4.69) is 20.9 Å². The van der Waals surface area contributed by atoms with Crippen molar-refractivity contribution in [3.8, 4) is 0 Å². The predicted molar refractivity (Wildman–Crippen MR) is 99.4 cm³/mol. The van der Waals surface area contributed by atoms with E-state index in [1.165, 1.54) is 7.11 Å². The van der Waals surface area contributed by atoms with E-state index in [0.717, 1.165) is 15.6 Å². The Balaban J connectivity index is 1.97. The molecule has 0 spiro atoms. The molecule has 0 saturated carbocycles. The van der Waals surface area contributed by atoms with Gasteiger partial charge in [0.05, 0.1) is 28.0 Å². The molecule has 0 fully saturated rings. The van der Waals surface area contributed by atoms with Crippen LogP contribution in [0.1, 0.15) is 15.6 Å². The summed E-state index contributed by atoms with van der Waals surface area (Å²) < 4.78 is 4.76. The van der Waals surface area contributed by atoms with Crippen LogP contribution in [0.4, 0.5) is 16.2 Å². The van der Waals surface area contributed by atoms with E-state index in [4.69, 9.17) is 16.3 Å². The van der Waals surface area contributed by atoms with Crippen molar-refractivity contribution in [2.75, 3.05) is 24.4 Å². The fraction of sp³-hybridized carbons (Fsp3) is 0.312. The van der Waals surface area contributed by atoms with Gasteiger partial charge in [0, 0.05) is 17.7 Å². The molecule has 1 aromatic carbocycles. The van der Waals surface area contributed by atoms with Gasteiger partial charge in [-0.25, -0.2) is 9.78 Å². The third-order valence-electron chi connectivity index (χ3n) is 3.18. The van der Waals surface area contributed by atoms with Gasteiger partial charge in [0.1, 0.15) is 6.61 Å². The highest BCUT2D eigenvalue weighted by Crippen LogP contribution is 2.25. The molecule has 3 amide bonds. The molecule has 2 aromatic rings. The molecule has 0 atom stereocenters. The number of ether oxygens (including phenoxy) is 1. The standard InChI is InChI=1S/C16H19ClN4O3S/c1-9-14(25-10(2)19-9)7-18-16(23)21-13-6-11(4-5-12(13)17)20-15(22)8-24-3/h4-6H,7-8H2,1-3H3,(H,20,22)(H2,18,21,23). The van der Waals surface area contributed by atoms with Crippen LogP contribution in [0.2, 0.25) is 5.02 Å². The Morgan fingerprint density at radius 1 is 1.28 bits per heavy atom. The number of rotatable bonds is 6. The summed E-state index contributed by atoms with van der Waals surface area (Å²) in [6.07, 6.45) is 0. The first-order valence-electron chi connectivity index (χ1n) is 7.45. The van der Waals surface area contributed by atoms with Gasteiger partial charge in [-0.05, 0) is 32.0 Å².